The Bertz CT molecular complexity index is 589. The summed E-state index contributed by atoms with van der Waals surface area (Å²) < 4.78 is 22.1. The van der Waals surface area contributed by atoms with Gasteiger partial charge in [0.05, 0.1) is 17.5 Å². The molecule has 0 aliphatic carbocycles. The summed E-state index contributed by atoms with van der Waals surface area (Å²) in [4.78, 5) is 11.9. The van der Waals surface area contributed by atoms with E-state index in [1.54, 1.807) is 12.1 Å². The molecule has 1 heterocycles. The van der Waals surface area contributed by atoms with Crippen molar-refractivity contribution in [3.8, 4) is 0 Å². The Balaban J connectivity index is 1.81. The topological polar surface area (TPSA) is 75.3 Å². The quantitative estimate of drug-likeness (QED) is 0.868. The molecule has 7 heteroatoms. The summed E-state index contributed by atoms with van der Waals surface area (Å²) in [6, 6.07) is 6.98. The highest BCUT2D eigenvalue weighted by molar-refractivity contribution is 7.92. The van der Waals surface area contributed by atoms with Gasteiger partial charge in [0.1, 0.15) is 0 Å². The third-order valence-corrected chi connectivity index (χ3v) is 5.73. The second-order valence-electron chi connectivity index (χ2n) is 5.31. The average molecular weight is 331 g/mol. The van der Waals surface area contributed by atoms with Crippen LogP contribution in [0.15, 0.2) is 24.3 Å². The molecule has 0 radical (unpaired) electrons. The molecule has 2 N–H and O–H groups in total. The maximum absolute atomic E-state index is 11.9. The number of nitrogens with one attached hydrogen (secondary N) is 2. The second-order valence-corrected chi connectivity index (χ2v) is 7.90. The molecule has 116 valence electrons. The van der Waals surface area contributed by atoms with E-state index in [0.29, 0.717) is 11.6 Å². The van der Waals surface area contributed by atoms with Gasteiger partial charge in [0.25, 0.3) is 0 Å². The lowest BCUT2D eigenvalue weighted by atomic mass is 10.1. The number of hydrogen-bond donors (Lipinski definition) is 2. The lowest BCUT2D eigenvalue weighted by Gasteiger charge is -2.26. The lowest BCUT2D eigenvalue weighted by molar-refractivity contribution is 0.235. The number of urea groups is 1. The Labute approximate surface area is 130 Å². The van der Waals surface area contributed by atoms with Crippen molar-refractivity contribution in [1.29, 1.82) is 0 Å². The largest absolute Gasteiger partial charge is 0.338 e. The van der Waals surface area contributed by atoms with Crippen molar-refractivity contribution in [3.63, 3.8) is 0 Å². The fourth-order valence-electron chi connectivity index (χ4n) is 2.35. The molecule has 1 aliphatic rings. The molecule has 0 spiro atoms. The Kier molecular flexibility index (Phi) is 5.11. The number of sulfone groups is 1. The number of carbonyl (C=O) groups is 1. The smallest absolute Gasteiger partial charge is 0.315 e. The van der Waals surface area contributed by atoms with Crippen LogP contribution in [0.1, 0.15) is 24.9 Å². The van der Waals surface area contributed by atoms with Gasteiger partial charge in [0.2, 0.25) is 0 Å². The van der Waals surface area contributed by atoms with Crippen LogP contribution >= 0.6 is 11.6 Å². The first-order valence-electron chi connectivity index (χ1n) is 6.90. The molecule has 0 bridgehead atoms. The van der Waals surface area contributed by atoms with Crippen LogP contribution in [0.25, 0.3) is 0 Å². The number of carbonyl (C=O) groups excluding carboxylic acids is 1. The van der Waals surface area contributed by atoms with Gasteiger partial charge in [0.15, 0.2) is 9.84 Å². The lowest BCUT2D eigenvalue weighted by Crippen LogP contribution is -2.47. The van der Waals surface area contributed by atoms with E-state index in [9.17, 15) is 13.2 Å². The summed E-state index contributed by atoms with van der Waals surface area (Å²) in [6.45, 7) is 2.38. The van der Waals surface area contributed by atoms with Gasteiger partial charge in [0, 0.05) is 17.5 Å². The summed E-state index contributed by atoms with van der Waals surface area (Å²) in [7, 11) is -2.84. The van der Waals surface area contributed by atoms with E-state index in [2.05, 4.69) is 10.6 Å². The first-order chi connectivity index (χ1) is 9.89. The molecule has 1 saturated heterocycles. The molecule has 21 heavy (non-hydrogen) atoms. The van der Waals surface area contributed by atoms with Crippen molar-refractivity contribution >= 4 is 27.5 Å². The Morgan fingerprint density at radius 2 is 1.95 bits per heavy atom. The minimum Gasteiger partial charge on any atom is -0.338 e. The highest BCUT2D eigenvalue weighted by Crippen LogP contribution is 2.19. The van der Waals surface area contributed by atoms with E-state index >= 15 is 0 Å². The van der Waals surface area contributed by atoms with E-state index in [4.69, 9.17) is 11.6 Å². The van der Waals surface area contributed by atoms with Crippen LogP contribution in [0.4, 0.5) is 4.79 Å². The Morgan fingerprint density at radius 1 is 1.33 bits per heavy atom. The highest BCUT2D eigenvalue weighted by atomic mass is 35.5. The second kappa shape index (κ2) is 6.66. The minimum absolute atomic E-state index is 0.0383. The maximum atomic E-state index is 11.9. The normalized spacial score (nSPS) is 18.6. The fraction of sp³-hybridized carbons (Fsp3) is 0.500. The van der Waals surface area contributed by atoms with Crippen molar-refractivity contribution in [1.82, 2.24) is 10.6 Å². The summed E-state index contributed by atoms with van der Waals surface area (Å²) >= 11 is 5.85. The summed E-state index contributed by atoms with van der Waals surface area (Å²) in [5.41, 5.74) is 0.989. The maximum Gasteiger partial charge on any atom is 0.315 e. The van der Waals surface area contributed by atoms with Crippen molar-refractivity contribution in [2.45, 2.75) is 19.4 Å². The van der Waals surface area contributed by atoms with Crippen LogP contribution in [0.5, 0.6) is 0 Å². The molecule has 1 aromatic rings. The van der Waals surface area contributed by atoms with Gasteiger partial charge in [-0.15, -0.1) is 0 Å². The van der Waals surface area contributed by atoms with Gasteiger partial charge < -0.3 is 10.6 Å². The fourth-order valence-corrected chi connectivity index (χ4v) is 4.05. The predicted molar refractivity (Wildman–Crippen MR) is 83.2 cm³/mol. The van der Waals surface area contributed by atoms with Crippen molar-refractivity contribution < 1.29 is 13.2 Å². The third-order valence-electron chi connectivity index (χ3n) is 3.52. The highest BCUT2D eigenvalue weighted by Gasteiger charge is 2.33. The van der Waals surface area contributed by atoms with Crippen molar-refractivity contribution in [2.24, 2.45) is 5.92 Å². The molecule has 0 aromatic heterocycles. The zero-order valence-corrected chi connectivity index (χ0v) is 13.4. The molecule has 1 unspecified atom stereocenters. The summed E-state index contributed by atoms with van der Waals surface area (Å²) in [5, 5.41) is 6.27. The SMILES string of the molecule is CCC(NC(=O)NCC1CS(=O)(=O)C1)c1ccc(Cl)cc1. The summed E-state index contributed by atoms with van der Waals surface area (Å²) in [5.74, 6) is 0.375. The third kappa shape index (κ3) is 4.61. The first-order valence-corrected chi connectivity index (χ1v) is 9.10. The Hall–Kier alpha value is -1.27. The Morgan fingerprint density at radius 3 is 2.48 bits per heavy atom. The molecular weight excluding hydrogens is 312 g/mol. The molecule has 1 fully saturated rings. The van der Waals surface area contributed by atoms with Crippen LogP contribution in [-0.4, -0.2) is 32.5 Å². The molecule has 2 amide bonds. The van der Waals surface area contributed by atoms with Gasteiger partial charge in [-0.05, 0) is 24.1 Å². The number of rotatable bonds is 5. The predicted octanol–water partition coefficient (Wildman–Crippen LogP) is 2.13. The molecule has 5 nitrogen and oxygen atoms in total. The van der Waals surface area contributed by atoms with Gasteiger partial charge in [-0.2, -0.15) is 0 Å². The molecular formula is C14H19ClN2O3S. The molecule has 2 rings (SSSR count). The monoisotopic (exact) mass is 330 g/mol. The van der Waals surface area contributed by atoms with Crippen LogP contribution in [-0.2, 0) is 9.84 Å². The van der Waals surface area contributed by atoms with E-state index < -0.39 is 9.84 Å². The van der Waals surface area contributed by atoms with Crippen LogP contribution < -0.4 is 10.6 Å². The minimum atomic E-state index is -2.84. The molecule has 1 aromatic carbocycles. The molecule has 0 saturated carbocycles. The summed E-state index contributed by atoms with van der Waals surface area (Å²) in [6.07, 6.45) is 0.757. The molecule has 1 aliphatic heterocycles. The number of benzene rings is 1. The first kappa shape index (κ1) is 16.1. The van der Waals surface area contributed by atoms with E-state index in [1.165, 1.54) is 0 Å². The van der Waals surface area contributed by atoms with Gasteiger partial charge in [-0.25, -0.2) is 13.2 Å². The zero-order valence-electron chi connectivity index (χ0n) is 11.8. The number of amides is 2. The van der Waals surface area contributed by atoms with Gasteiger partial charge in [-0.1, -0.05) is 30.7 Å². The van der Waals surface area contributed by atoms with E-state index in [1.807, 2.05) is 19.1 Å². The zero-order chi connectivity index (χ0) is 15.5. The van der Waals surface area contributed by atoms with Crippen LogP contribution in [0, 0.1) is 5.92 Å². The number of hydrogen-bond acceptors (Lipinski definition) is 3. The van der Waals surface area contributed by atoms with Crippen LogP contribution in [0.3, 0.4) is 0 Å². The molecule has 1 atom stereocenters. The number of halogens is 1. The van der Waals surface area contributed by atoms with Crippen molar-refractivity contribution in [2.75, 3.05) is 18.1 Å². The van der Waals surface area contributed by atoms with Crippen molar-refractivity contribution in [3.05, 3.63) is 34.9 Å². The van der Waals surface area contributed by atoms with Gasteiger partial charge >= 0.3 is 6.03 Å². The van der Waals surface area contributed by atoms with Crippen LogP contribution in [0.2, 0.25) is 5.02 Å². The average Bonchev–Trinajstić information content (AvgIpc) is 2.41. The standard InChI is InChI=1S/C14H19ClN2O3S/c1-2-13(11-3-5-12(15)6-4-11)17-14(18)16-7-10-8-21(19,20)9-10/h3-6,10,13H,2,7-9H2,1H3,(H2,16,17,18). The van der Waals surface area contributed by atoms with E-state index in [0.717, 1.165) is 12.0 Å². The van der Waals surface area contributed by atoms with Gasteiger partial charge in [-0.3, -0.25) is 0 Å². The van der Waals surface area contributed by atoms with E-state index in [-0.39, 0.29) is 29.5 Å².